The molecule has 0 spiro atoms. The van der Waals surface area contributed by atoms with Crippen LogP contribution in [0.25, 0.3) is 11.4 Å². The van der Waals surface area contributed by atoms with Gasteiger partial charge in [0.2, 0.25) is 0 Å². The first-order chi connectivity index (χ1) is 11.7. The lowest BCUT2D eigenvalue weighted by Gasteiger charge is -2.28. The molecule has 0 saturated carbocycles. The molecule has 9 heteroatoms. The fraction of sp³-hybridized carbons (Fsp3) is 0.250. The molecule has 0 fully saturated rings. The Morgan fingerprint density at radius 2 is 1.92 bits per heavy atom. The van der Waals surface area contributed by atoms with Crippen LogP contribution in [0.4, 0.5) is 13.2 Å². The molecular formula is C16H17F3N6. The molecule has 2 heterocycles. The van der Waals surface area contributed by atoms with Gasteiger partial charge in [-0.1, -0.05) is 24.3 Å². The van der Waals surface area contributed by atoms with Crippen molar-refractivity contribution in [3.63, 3.8) is 0 Å². The standard InChI is InChI=1S/C16H17F3N6/c1-25-8-13(16(17,18)19)24-14(25)11-4-2-10(3-5-11)6-15(21)12(20)7-22-9-23-15/h2-5,7-9H,6,20-21H2,1H3,(H,22,23). The van der Waals surface area contributed by atoms with Gasteiger partial charge >= 0.3 is 6.18 Å². The fourth-order valence-corrected chi connectivity index (χ4v) is 2.58. The Morgan fingerprint density at radius 3 is 2.48 bits per heavy atom. The van der Waals surface area contributed by atoms with E-state index in [0.717, 1.165) is 11.8 Å². The summed E-state index contributed by atoms with van der Waals surface area (Å²) < 4.78 is 39.7. The molecular weight excluding hydrogens is 333 g/mol. The van der Waals surface area contributed by atoms with Crippen LogP contribution in [0.5, 0.6) is 0 Å². The highest BCUT2D eigenvalue weighted by Gasteiger charge is 2.34. The number of aryl methyl sites for hydroxylation is 1. The maximum absolute atomic E-state index is 12.8. The van der Waals surface area contributed by atoms with Gasteiger partial charge in [-0.25, -0.2) is 9.98 Å². The molecule has 0 aliphatic carbocycles. The van der Waals surface area contributed by atoms with Gasteiger partial charge in [0.1, 0.15) is 5.82 Å². The minimum Gasteiger partial charge on any atom is -0.398 e. The molecule has 0 radical (unpaired) electrons. The summed E-state index contributed by atoms with van der Waals surface area (Å²) in [5.74, 6) is 0.237. The number of halogens is 3. The Kier molecular flexibility index (Phi) is 4.03. The van der Waals surface area contributed by atoms with Crippen molar-refractivity contribution >= 4 is 6.34 Å². The van der Waals surface area contributed by atoms with Gasteiger partial charge in [-0.15, -0.1) is 0 Å². The quantitative estimate of drug-likeness (QED) is 0.786. The van der Waals surface area contributed by atoms with E-state index in [1.54, 1.807) is 30.5 Å². The van der Waals surface area contributed by atoms with Gasteiger partial charge in [0, 0.05) is 31.4 Å². The topological polar surface area (TPSA) is 94.2 Å². The van der Waals surface area contributed by atoms with Crippen molar-refractivity contribution < 1.29 is 13.2 Å². The third-order valence-corrected chi connectivity index (χ3v) is 3.96. The number of benzene rings is 1. The smallest absolute Gasteiger partial charge is 0.398 e. The van der Waals surface area contributed by atoms with Crippen molar-refractivity contribution in [3.8, 4) is 11.4 Å². The monoisotopic (exact) mass is 350 g/mol. The molecule has 1 aromatic heterocycles. The first-order valence-corrected chi connectivity index (χ1v) is 7.44. The van der Waals surface area contributed by atoms with Crippen LogP contribution in [-0.4, -0.2) is 21.6 Å². The van der Waals surface area contributed by atoms with E-state index in [1.807, 2.05) is 0 Å². The molecule has 2 aromatic rings. The number of aliphatic imine (C=N–C) groups is 1. The second-order valence-corrected chi connectivity index (χ2v) is 5.88. The van der Waals surface area contributed by atoms with E-state index in [9.17, 15) is 13.2 Å². The van der Waals surface area contributed by atoms with E-state index < -0.39 is 17.5 Å². The highest BCUT2D eigenvalue weighted by Crippen LogP contribution is 2.31. The lowest BCUT2D eigenvalue weighted by atomic mass is 9.97. The number of nitrogens with one attached hydrogen (secondary N) is 1. The molecule has 0 saturated heterocycles. The van der Waals surface area contributed by atoms with E-state index >= 15 is 0 Å². The number of rotatable bonds is 3. The largest absolute Gasteiger partial charge is 0.434 e. The summed E-state index contributed by atoms with van der Waals surface area (Å²) in [5, 5.41) is 2.77. The van der Waals surface area contributed by atoms with E-state index in [1.165, 1.54) is 18.0 Å². The fourth-order valence-electron chi connectivity index (χ4n) is 2.58. The van der Waals surface area contributed by atoms with Crippen molar-refractivity contribution in [3.05, 3.63) is 53.6 Å². The van der Waals surface area contributed by atoms with Gasteiger partial charge in [0.15, 0.2) is 11.4 Å². The first kappa shape index (κ1) is 17.0. The SMILES string of the molecule is Cn1cc(C(F)(F)F)nc1-c1ccc(CC2(N)N=CNC=C2N)cc1. The highest BCUT2D eigenvalue weighted by molar-refractivity contribution is 5.60. The Morgan fingerprint density at radius 1 is 1.24 bits per heavy atom. The Hall–Kier alpha value is -2.81. The molecule has 0 bridgehead atoms. The van der Waals surface area contributed by atoms with Gasteiger partial charge in [-0.05, 0) is 5.56 Å². The predicted molar refractivity (Wildman–Crippen MR) is 88.2 cm³/mol. The molecule has 1 atom stereocenters. The summed E-state index contributed by atoms with van der Waals surface area (Å²) in [7, 11) is 1.52. The van der Waals surface area contributed by atoms with Gasteiger partial charge < -0.3 is 21.4 Å². The zero-order valence-electron chi connectivity index (χ0n) is 13.4. The average molecular weight is 350 g/mol. The first-order valence-electron chi connectivity index (χ1n) is 7.44. The molecule has 5 N–H and O–H groups in total. The predicted octanol–water partition coefficient (Wildman–Crippen LogP) is 1.73. The Bertz CT molecular complexity index is 835. The van der Waals surface area contributed by atoms with E-state index in [2.05, 4.69) is 15.3 Å². The molecule has 1 aliphatic rings. The molecule has 132 valence electrons. The summed E-state index contributed by atoms with van der Waals surface area (Å²) in [5.41, 5.74) is 11.9. The van der Waals surface area contributed by atoms with E-state index in [-0.39, 0.29) is 5.82 Å². The van der Waals surface area contributed by atoms with Crippen LogP contribution in [0.2, 0.25) is 0 Å². The van der Waals surface area contributed by atoms with Crippen LogP contribution in [-0.2, 0) is 19.6 Å². The average Bonchev–Trinajstić information content (AvgIpc) is 2.93. The van der Waals surface area contributed by atoms with Gasteiger partial charge in [0.05, 0.1) is 12.0 Å². The lowest BCUT2D eigenvalue weighted by molar-refractivity contribution is -0.140. The summed E-state index contributed by atoms with van der Waals surface area (Å²) in [6.07, 6.45) is -0.0977. The Balaban J connectivity index is 1.84. The third-order valence-electron chi connectivity index (χ3n) is 3.96. The van der Waals surface area contributed by atoms with Crippen LogP contribution in [0.3, 0.4) is 0 Å². The van der Waals surface area contributed by atoms with Crippen LogP contribution in [0.15, 0.2) is 47.4 Å². The van der Waals surface area contributed by atoms with Crippen LogP contribution >= 0.6 is 0 Å². The summed E-state index contributed by atoms with van der Waals surface area (Å²) >= 11 is 0. The molecule has 6 nitrogen and oxygen atoms in total. The van der Waals surface area contributed by atoms with Crippen molar-refractivity contribution in [1.82, 2.24) is 14.9 Å². The van der Waals surface area contributed by atoms with Gasteiger partial charge in [-0.2, -0.15) is 13.2 Å². The number of imidazole rings is 1. The summed E-state index contributed by atoms with van der Waals surface area (Å²) in [6, 6.07) is 6.95. The van der Waals surface area contributed by atoms with Crippen LogP contribution in [0.1, 0.15) is 11.3 Å². The minimum absolute atomic E-state index is 0.237. The number of hydrogen-bond acceptors (Lipinski definition) is 5. The van der Waals surface area contributed by atoms with Crippen molar-refractivity contribution in [2.45, 2.75) is 18.3 Å². The van der Waals surface area contributed by atoms with Gasteiger partial charge in [-0.3, -0.25) is 0 Å². The zero-order valence-corrected chi connectivity index (χ0v) is 13.4. The van der Waals surface area contributed by atoms with Gasteiger partial charge in [0.25, 0.3) is 0 Å². The summed E-state index contributed by atoms with van der Waals surface area (Å²) in [4.78, 5) is 7.84. The normalized spacial score (nSPS) is 20.3. The Labute approximate surface area is 142 Å². The van der Waals surface area contributed by atoms with Crippen molar-refractivity contribution in [1.29, 1.82) is 0 Å². The molecule has 1 aromatic carbocycles. The number of aromatic nitrogens is 2. The molecule has 1 aliphatic heterocycles. The molecule has 0 amide bonds. The van der Waals surface area contributed by atoms with Crippen molar-refractivity contribution in [2.24, 2.45) is 23.5 Å². The lowest BCUT2D eigenvalue weighted by Crippen LogP contribution is -2.48. The number of hydrogen-bond donors (Lipinski definition) is 3. The molecule has 25 heavy (non-hydrogen) atoms. The highest BCUT2D eigenvalue weighted by atomic mass is 19.4. The van der Waals surface area contributed by atoms with Crippen LogP contribution in [0, 0.1) is 0 Å². The minimum atomic E-state index is -4.47. The van der Waals surface area contributed by atoms with E-state index in [4.69, 9.17) is 11.5 Å². The number of alkyl halides is 3. The maximum atomic E-state index is 12.8. The van der Waals surface area contributed by atoms with Crippen LogP contribution < -0.4 is 16.8 Å². The number of nitrogens with zero attached hydrogens (tertiary/aromatic N) is 3. The van der Waals surface area contributed by atoms with E-state index in [0.29, 0.717) is 17.7 Å². The molecule has 1 unspecified atom stereocenters. The zero-order chi connectivity index (χ0) is 18.2. The molecule has 3 rings (SSSR count). The second-order valence-electron chi connectivity index (χ2n) is 5.88. The third kappa shape index (κ3) is 3.36. The number of nitrogens with two attached hydrogens (primary N) is 2. The summed E-state index contributed by atoms with van der Waals surface area (Å²) in [6.45, 7) is 0. The maximum Gasteiger partial charge on any atom is 0.434 e. The second kappa shape index (κ2) is 5.92. The van der Waals surface area contributed by atoms with Crippen molar-refractivity contribution in [2.75, 3.05) is 0 Å².